The molecule has 1 saturated heterocycles. The zero-order valence-corrected chi connectivity index (χ0v) is 19.3. The highest BCUT2D eigenvalue weighted by Gasteiger charge is 2.23. The van der Waals surface area contributed by atoms with E-state index in [-0.39, 0.29) is 5.91 Å². The van der Waals surface area contributed by atoms with E-state index in [4.69, 9.17) is 9.97 Å². The summed E-state index contributed by atoms with van der Waals surface area (Å²) in [5.74, 6) is 2.30. The highest BCUT2D eigenvalue weighted by atomic mass is 32.2. The standard InChI is InChI=1S/C22H28N8OS/c1-4-21(31)24-15-5-7-17(8-6-15)32-22-26-18(25-19-11-14(2)28-29-19)12-20(27-22)30-10-9-16(13-30)23-3/h5-8,11-12,16,23H,4,9-10,13H2,1-3H3,(H,24,31)(H2,25,26,27,28,29)/t16-/m0/s1. The Bertz CT molecular complexity index is 1070. The lowest BCUT2D eigenvalue weighted by Crippen LogP contribution is -2.30. The average molecular weight is 453 g/mol. The second-order valence-corrected chi connectivity index (χ2v) is 8.74. The lowest BCUT2D eigenvalue weighted by Gasteiger charge is -2.19. The quantitative estimate of drug-likeness (QED) is 0.384. The van der Waals surface area contributed by atoms with E-state index in [1.54, 1.807) is 0 Å². The van der Waals surface area contributed by atoms with Crippen molar-refractivity contribution >= 4 is 40.8 Å². The Morgan fingerprint density at radius 3 is 2.69 bits per heavy atom. The monoisotopic (exact) mass is 452 g/mol. The van der Waals surface area contributed by atoms with E-state index < -0.39 is 0 Å². The fourth-order valence-corrected chi connectivity index (χ4v) is 4.23. The molecule has 2 aromatic heterocycles. The van der Waals surface area contributed by atoms with Crippen molar-refractivity contribution in [3.05, 3.63) is 42.1 Å². The molecule has 1 aliphatic rings. The molecule has 0 bridgehead atoms. The first kappa shape index (κ1) is 22.1. The van der Waals surface area contributed by atoms with E-state index in [1.165, 1.54) is 11.8 Å². The average Bonchev–Trinajstić information content (AvgIpc) is 3.44. The summed E-state index contributed by atoms with van der Waals surface area (Å²) >= 11 is 1.48. The predicted octanol–water partition coefficient (Wildman–Crippen LogP) is 3.55. The summed E-state index contributed by atoms with van der Waals surface area (Å²) in [4.78, 5) is 24.4. The van der Waals surface area contributed by atoms with Crippen LogP contribution in [0.15, 0.2) is 46.5 Å². The molecule has 168 valence electrons. The molecule has 4 rings (SSSR count). The van der Waals surface area contributed by atoms with Gasteiger partial charge in [-0.25, -0.2) is 9.97 Å². The van der Waals surface area contributed by atoms with Gasteiger partial charge in [0.05, 0.1) is 0 Å². The van der Waals surface area contributed by atoms with Crippen molar-refractivity contribution in [3.8, 4) is 0 Å². The first-order valence-corrected chi connectivity index (χ1v) is 11.5. The third-order valence-electron chi connectivity index (χ3n) is 5.24. The minimum Gasteiger partial charge on any atom is -0.355 e. The second kappa shape index (κ2) is 10.0. The van der Waals surface area contributed by atoms with Crippen molar-refractivity contribution in [3.63, 3.8) is 0 Å². The molecule has 9 nitrogen and oxygen atoms in total. The number of aromatic nitrogens is 4. The number of hydrogen-bond donors (Lipinski definition) is 4. The van der Waals surface area contributed by atoms with Crippen LogP contribution < -0.4 is 20.9 Å². The van der Waals surface area contributed by atoms with Crippen molar-refractivity contribution in [2.24, 2.45) is 0 Å². The normalized spacial score (nSPS) is 15.7. The number of nitrogens with zero attached hydrogens (tertiary/aromatic N) is 4. The zero-order chi connectivity index (χ0) is 22.5. The van der Waals surface area contributed by atoms with Crippen LogP contribution >= 0.6 is 11.8 Å². The largest absolute Gasteiger partial charge is 0.355 e. The predicted molar refractivity (Wildman–Crippen MR) is 128 cm³/mol. The summed E-state index contributed by atoms with van der Waals surface area (Å²) in [5.41, 5.74) is 1.75. The van der Waals surface area contributed by atoms with Crippen molar-refractivity contribution in [2.75, 3.05) is 35.7 Å². The summed E-state index contributed by atoms with van der Waals surface area (Å²) in [5, 5.41) is 17.3. The number of aromatic amines is 1. The molecular weight excluding hydrogens is 424 g/mol. The van der Waals surface area contributed by atoms with Crippen LogP contribution in [0.1, 0.15) is 25.5 Å². The maximum Gasteiger partial charge on any atom is 0.224 e. The number of nitrogens with one attached hydrogen (secondary N) is 4. The van der Waals surface area contributed by atoms with Crippen LogP contribution in [0.2, 0.25) is 0 Å². The minimum atomic E-state index is -0.00348. The Kier molecular flexibility index (Phi) is 6.91. The molecule has 0 radical (unpaired) electrons. The van der Waals surface area contributed by atoms with Gasteiger partial charge in [-0.3, -0.25) is 9.89 Å². The summed E-state index contributed by atoms with van der Waals surface area (Å²) < 4.78 is 0. The number of rotatable bonds is 8. The van der Waals surface area contributed by atoms with Gasteiger partial charge in [-0.05, 0) is 56.4 Å². The number of benzene rings is 1. The Labute approximate surface area is 191 Å². The number of amides is 1. The van der Waals surface area contributed by atoms with Crippen LogP contribution in [0, 0.1) is 6.92 Å². The summed E-state index contributed by atoms with van der Waals surface area (Å²) in [7, 11) is 1.99. The summed E-state index contributed by atoms with van der Waals surface area (Å²) in [6, 6.07) is 12.1. The van der Waals surface area contributed by atoms with Gasteiger partial charge in [0, 0.05) is 54.0 Å². The van der Waals surface area contributed by atoms with E-state index in [1.807, 2.05) is 57.3 Å². The highest BCUT2D eigenvalue weighted by Crippen LogP contribution is 2.30. The topological polar surface area (TPSA) is 111 Å². The van der Waals surface area contributed by atoms with E-state index in [9.17, 15) is 4.79 Å². The first-order valence-electron chi connectivity index (χ1n) is 10.7. The van der Waals surface area contributed by atoms with E-state index >= 15 is 0 Å². The molecule has 1 fully saturated rings. The molecule has 3 heterocycles. The Morgan fingerprint density at radius 2 is 2.03 bits per heavy atom. The van der Waals surface area contributed by atoms with Crippen LogP contribution in [0.25, 0.3) is 0 Å². The number of likely N-dealkylation sites (N-methyl/N-ethyl adjacent to an activating group) is 1. The number of aryl methyl sites for hydroxylation is 1. The lowest BCUT2D eigenvalue weighted by molar-refractivity contribution is -0.115. The fourth-order valence-electron chi connectivity index (χ4n) is 3.46. The van der Waals surface area contributed by atoms with Crippen molar-refractivity contribution in [2.45, 2.75) is 42.8 Å². The molecule has 1 amide bonds. The molecule has 0 spiro atoms. The number of carbonyl (C=O) groups is 1. The Balaban J connectivity index is 1.56. The molecule has 1 atom stereocenters. The van der Waals surface area contributed by atoms with Crippen molar-refractivity contribution in [1.29, 1.82) is 0 Å². The Hall–Kier alpha value is -3.11. The Morgan fingerprint density at radius 1 is 1.22 bits per heavy atom. The van der Waals surface area contributed by atoms with E-state index in [0.29, 0.717) is 29.3 Å². The first-order chi connectivity index (χ1) is 15.5. The fraction of sp³-hybridized carbons (Fsp3) is 0.364. The van der Waals surface area contributed by atoms with Gasteiger partial charge in [0.1, 0.15) is 11.6 Å². The van der Waals surface area contributed by atoms with Crippen LogP contribution in [-0.4, -0.2) is 52.3 Å². The second-order valence-electron chi connectivity index (χ2n) is 7.70. The van der Waals surface area contributed by atoms with Crippen molar-refractivity contribution in [1.82, 2.24) is 25.5 Å². The minimum absolute atomic E-state index is 0.00348. The third-order valence-corrected chi connectivity index (χ3v) is 6.12. The van der Waals surface area contributed by atoms with Gasteiger partial charge in [-0.1, -0.05) is 6.92 Å². The number of carbonyl (C=O) groups excluding carboxylic acids is 1. The van der Waals surface area contributed by atoms with Gasteiger partial charge in [0.25, 0.3) is 0 Å². The highest BCUT2D eigenvalue weighted by molar-refractivity contribution is 7.99. The number of hydrogen-bond acceptors (Lipinski definition) is 8. The van der Waals surface area contributed by atoms with Gasteiger partial charge in [-0.2, -0.15) is 5.10 Å². The molecule has 1 aromatic carbocycles. The molecule has 0 saturated carbocycles. The van der Waals surface area contributed by atoms with E-state index in [2.05, 4.69) is 31.0 Å². The van der Waals surface area contributed by atoms with Gasteiger partial charge >= 0.3 is 0 Å². The van der Waals surface area contributed by atoms with Crippen LogP contribution in [-0.2, 0) is 4.79 Å². The molecule has 0 unspecified atom stereocenters. The zero-order valence-electron chi connectivity index (χ0n) is 18.5. The number of anilines is 4. The van der Waals surface area contributed by atoms with Crippen LogP contribution in [0.3, 0.4) is 0 Å². The lowest BCUT2D eigenvalue weighted by atomic mass is 10.3. The third kappa shape index (κ3) is 5.57. The van der Waals surface area contributed by atoms with Gasteiger partial charge in [0.15, 0.2) is 11.0 Å². The number of H-pyrrole nitrogens is 1. The van der Waals surface area contributed by atoms with Gasteiger partial charge < -0.3 is 20.9 Å². The van der Waals surface area contributed by atoms with Gasteiger partial charge in [0.2, 0.25) is 5.91 Å². The molecule has 0 aliphatic carbocycles. The molecule has 1 aliphatic heterocycles. The van der Waals surface area contributed by atoms with E-state index in [0.717, 1.165) is 41.6 Å². The molecule has 32 heavy (non-hydrogen) atoms. The van der Waals surface area contributed by atoms with Crippen LogP contribution in [0.5, 0.6) is 0 Å². The van der Waals surface area contributed by atoms with Crippen molar-refractivity contribution < 1.29 is 4.79 Å². The summed E-state index contributed by atoms with van der Waals surface area (Å²) in [6.07, 6.45) is 1.53. The maximum absolute atomic E-state index is 11.6. The smallest absolute Gasteiger partial charge is 0.224 e. The molecular formula is C22H28N8OS. The summed E-state index contributed by atoms with van der Waals surface area (Å²) in [6.45, 7) is 5.64. The molecule has 10 heteroatoms. The maximum atomic E-state index is 11.6. The SMILES string of the molecule is CCC(=O)Nc1ccc(Sc2nc(Nc3cc(C)[nH]n3)cc(N3CC[C@H](NC)C3)n2)cc1. The van der Waals surface area contributed by atoms with Crippen LogP contribution in [0.4, 0.5) is 23.1 Å². The van der Waals surface area contributed by atoms with Gasteiger partial charge in [-0.15, -0.1) is 0 Å². The molecule has 4 N–H and O–H groups in total. The molecule has 3 aromatic rings.